The van der Waals surface area contributed by atoms with Crippen LogP contribution >= 0.6 is 11.6 Å². The van der Waals surface area contributed by atoms with Crippen molar-refractivity contribution in [3.63, 3.8) is 0 Å². The Morgan fingerprint density at radius 1 is 1.07 bits per heavy atom. The van der Waals surface area contributed by atoms with E-state index in [1.54, 1.807) is 31.5 Å². The van der Waals surface area contributed by atoms with Crippen molar-refractivity contribution in [2.24, 2.45) is 5.41 Å². The molecule has 0 amide bonds. The molecule has 3 rings (SSSR count). The first-order valence-electron chi connectivity index (χ1n) is 9.54. The summed E-state index contributed by atoms with van der Waals surface area (Å²) in [5.74, 6) is -0.540. The number of rotatable bonds is 8. The van der Waals surface area contributed by atoms with Crippen molar-refractivity contribution in [1.29, 1.82) is 0 Å². The van der Waals surface area contributed by atoms with E-state index in [4.69, 9.17) is 21.1 Å². The molecule has 0 saturated heterocycles. The highest BCUT2D eigenvalue weighted by Gasteiger charge is 2.43. The summed E-state index contributed by atoms with van der Waals surface area (Å²) in [7, 11) is 0. The van der Waals surface area contributed by atoms with Gasteiger partial charge < -0.3 is 9.47 Å². The van der Waals surface area contributed by atoms with Crippen molar-refractivity contribution in [2.45, 2.75) is 27.0 Å². The van der Waals surface area contributed by atoms with Gasteiger partial charge >= 0.3 is 5.97 Å². The van der Waals surface area contributed by atoms with E-state index in [1.807, 2.05) is 36.4 Å². The Balaban J connectivity index is 1.85. The van der Waals surface area contributed by atoms with E-state index in [2.05, 4.69) is 4.98 Å². The molecule has 0 saturated carbocycles. The van der Waals surface area contributed by atoms with Crippen LogP contribution in [0.1, 0.15) is 27.0 Å². The summed E-state index contributed by atoms with van der Waals surface area (Å²) in [4.78, 5) is 29.5. The summed E-state index contributed by atoms with van der Waals surface area (Å²) in [5.41, 5.74) is 0.613. The lowest BCUT2D eigenvalue weighted by Gasteiger charge is -2.27. The Morgan fingerprint density at radius 3 is 2.20 bits per heavy atom. The van der Waals surface area contributed by atoms with Crippen molar-refractivity contribution < 1.29 is 19.1 Å². The van der Waals surface area contributed by atoms with E-state index in [0.29, 0.717) is 10.8 Å². The lowest BCUT2D eigenvalue weighted by atomic mass is 9.87. The molecular formula is C23H23ClN2O4. The minimum atomic E-state index is -1.38. The van der Waals surface area contributed by atoms with Gasteiger partial charge in [-0.05, 0) is 56.2 Å². The number of ether oxygens (including phenoxy) is 2. The maximum absolute atomic E-state index is 13.2. The van der Waals surface area contributed by atoms with Crippen molar-refractivity contribution in [3.05, 3.63) is 72.3 Å². The number of ketones is 1. The molecule has 156 valence electrons. The number of aromatic nitrogens is 2. The molecule has 0 aliphatic heterocycles. The molecule has 3 aromatic rings. The lowest BCUT2D eigenvalue weighted by Crippen LogP contribution is -2.41. The zero-order chi connectivity index (χ0) is 21.7. The van der Waals surface area contributed by atoms with Crippen LogP contribution in [0.4, 0.5) is 0 Å². The van der Waals surface area contributed by atoms with Crippen molar-refractivity contribution in [3.8, 4) is 16.9 Å². The first kappa shape index (κ1) is 21.6. The summed E-state index contributed by atoms with van der Waals surface area (Å²) in [6.07, 6.45) is 3.58. The van der Waals surface area contributed by atoms with Gasteiger partial charge in [-0.2, -0.15) is 0 Å². The maximum Gasteiger partial charge on any atom is 0.319 e. The number of carbonyl (C=O) groups is 2. The van der Waals surface area contributed by atoms with Gasteiger partial charge in [0.2, 0.25) is 12.0 Å². The quantitative estimate of drug-likeness (QED) is 0.377. The average Bonchev–Trinajstić information content (AvgIpc) is 3.27. The van der Waals surface area contributed by atoms with Crippen LogP contribution in [0.2, 0.25) is 5.02 Å². The zero-order valence-electron chi connectivity index (χ0n) is 17.0. The first-order valence-corrected chi connectivity index (χ1v) is 9.92. The number of imidazole rings is 1. The van der Waals surface area contributed by atoms with Gasteiger partial charge in [0.05, 0.1) is 12.9 Å². The van der Waals surface area contributed by atoms with Gasteiger partial charge in [0.25, 0.3) is 0 Å². The van der Waals surface area contributed by atoms with E-state index in [-0.39, 0.29) is 6.61 Å². The van der Waals surface area contributed by atoms with Gasteiger partial charge in [-0.3, -0.25) is 14.2 Å². The van der Waals surface area contributed by atoms with Gasteiger partial charge in [0.15, 0.2) is 0 Å². The van der Waals surface area contributed by atoms with Gasteiger partial charge in [-0.25, -0.2) is 4.98 Å². The van der Waals surface area contributed by atoms with Crippen LogP contribution in [0.15, 0.2) is 67.3 Å². The van der Waals surface area contributed by atoms with Gasteiger partial charge in [0.1, 0.15) is 11.2 Å². The fraction of sp³-hybridized carbons (Fsp3) is 0.261. The topological polar surface area (TPSA) is 70.4 Å². The smallest absolute Gasteiger partial charge is 0.319 e. The van der Waals surface area contributed by atoms with Gasteiger partial charge in [-0.1, -0.05) is 35.9 Å². The summed E-state index contributed by atoms with van der Waals surface area (Å²) in [6.45, 7) is 4.96. The summed E-state index contributed by atoms with van der Waals surface area (Å²) in [6, 6.07) is 14.8. The number of hydrogen-bond acceptors (Lipinski definition) is 5. The van der Waals surface area contributed by atoms with E-state index in [9.17, 15) is 9.59 Å². The number of hydrogen-bond donors (Lipinski definition) is 0. The van der Waals surface area contributed by atoms with E-state index in [0.717, 1.165) is 11.1 Å². The molecule has 1 heterocycles. The number of nitrogens with zero attached hydrogens (tertiary/aromatic N) is 2. The summed E-state index contributed by atoms with van der Waals surface area (Å²) in [5, 5.41) is 0.671. The molecule has 0 radical (unpaired) electrons. The summed E-state index contributed by atoms with van der Waals surface area (Å²) >= 11 is 5.95. The number of benzene rings is 2. The first-order chi connectivity index (χ1) is 14.3. The standard InChI is InChI=1S/C23H23ClN2O4/c1-4-29-22(28)23(2,3)20(27)21(26-14-13-25-15-26)30-19-11-7-17(8-12-19)16-5-9-18(24)10-6-16/h5-15,21H,4H2,1-3H3. The molecular weight excluding hydrogens is 404 g/mol. The Labute approximate surface area is 180 Å². The van der Waals surface area contributed by atoms with Crippen molar-refractivity contribution in [2.75, 3.05) is 6.61 Å². The normalized spacial score (nSPS) is 12.3. The molecule has 0 aliphatic rings. The minimum Gasteiger partial charge on any atom is -0.465 e. The number of Topliss-reactive ketones (excluding diaryl/α,β-unsaturated/α-hetero) is 1. The third-order valence-electron chi connectivity index (χ3n) is 4.70. The molecule has 0 fully saturated rings. The van der Waals surface area contributed by atoms with E-state index >= 15 is 0 Å². The zero-order valence-corrected chi connectivity index (χ0v) is 17.8. The molecule has 2 aromatic carbocycles. The Bertz CT molecular complexity index is 997. The second-order valence-corrected chi connectivity index (χ2v) is 7.66. The highest BCUT2D eigenvalue weighted by atomic mass is 35.5. The van der Waals surface area contributed by atoms with Gasteiger partial charge in [0, 0.05) is 17.4 Å². The number of carbonyl (C=O) groups excluding carboxylic acids is 2. The SMILES string of the molecule is CCOC(=O)C(C)(C)C(=O)C(Oc1ccc(-c2ccc(Cl)cc2)cc1)n1ccnc1. The van der Waals surface area contributed by atoms with Crippen LogP contribution in [-0.4, -0.2) is 27.9 Å². The Morgan fingerprint density at radius 2 is 1.67 bits per heavy atom. The van der Waals surface area contributed by atoms with E-state index in [1.165, 1.54) is 24.7 Å². The number of esters is 1. The Hall–Kier alpha value is -3.12. The second-order valence-electron chi connectivity index (χ2n) is 7.22. The summed E-state index contributed by atoms with van der Waals surface area (Å²) < 4.78 is 12.6. The molecule has 0 spiro atoms. The van der Waals surface area contributed by atoms with Crippen LogP contribution in [0.25, 0.3) is 11.1 Å². The lowest BCUT2D eigenvalue weighted by molar-refractivity contribution is -0.161. The molecule has 0 aliphatic carbocycles. The monoisotopic (exact) mass is 426 g/mol. The predicted molar refractivity (Wildman–Crippen MR) is 114 cm³/mol. The maximum atomic E-state index is 13.2. The second kappa shape index (κ2) is 9.13. The molecule has 1 unspecified atom stereocenters. The van der Waals surface area contributed by atoms with Crippen LogP contribution in [0, 0.1) is 5.41 Å². The van der Waals surface area contributed by atoms with Gasteiger partial charge in [-0.15, -0.1) is 0 Å². The van der Waals surface area contributed by atoms with Crippen molar-refractivity contribution >= 4 is 23.4 Å². The third-order valence-corrected chi connectivity index (χ3v) is 4.95. The number of halogens is 1. The fourth-order valence-electron chi connectivity index (χ4n) is 2.88. The fourth-order valence-corrected chi connectivity index (χ4v) is 3.00. The van der Waals surface area contributed by atoms with Crippen LogP contribution < -0.4 is 4.74 Å². The largest absolute Gasteiger partial charge is 0.465 e. The Kier molecular flexibility index (Phi) is 6.57. The van der Waals surface area contributed by atoms with Crippen LogP contribution in [0.5, 0.6) is 5.75 Å². The van der Waals surface area contributed by atoms with Crippen molar-refractivity contribution in [1.82, 2.24) is 9.55 Å². The third kappa shape index (κ3) is 4.71. The average molecular weight is 427 g/mol. The molecule has 0 N–H and O–H groups in total. The molecule has 1 atom stereocenters. The molecule has 6 nitrogen and oxygen atoms in total. The van der Waals surface area contributed by atoms with Crippen LogP contribution in [0.3, 0.4) is 0 Å². The predicted octanol–water partition coefficient (Wildman–Crippen LogP) is 4.94. The molecule has 30 heavy (non-hydrogen) atoms. The highest BCUT2D eigenvalue weighted by Crippen LogP contribution is 2.30. The van der Waals surface area contributed by atoms with E-state index < -0.39 is 23.4 Å². The minimum absolute atomic E-state index is 0.193. The molecule has 7 heteroatoms. The molecule has 0 bridgehead atoms. The molecule has 1 aromatic heterocycles. The van der Waals surface area contributed by atoms with Crippen LogP contribution in [-0.2, 0) is 14.3 Å². The highest BCUT2D eigenvalue weighted by molar-refractivity contribution is 6.30.